The van der Waals surface area contributed by atoms with Crippen LogP contribution in [0.5, 0.6) is 0 Å². The van der Waals surface area contributed by atoms with Crippen LogP contribution in [0.3, 0.4) is 0 Å². The summed E-state index contributed by atoms with van der Waals surface area (Å²) < 4.78 is 23.6. The van der Waals surface area contributed by atoms with E-state index in [0.717, 1.165) is 10.9 Å². The number of H-pyrrole nitrogens is 1. The number of aromatic nitrogens is 4. The molecular weight excluding hydrogens is 317 g/mol. The van der Waals surface area contributed by atoms with Crippen LogP contribution in [-0.4, -0.2) is 66.3 Å². The second-order valence-corrected chi connectivity index (χ2v) is 4.93. The van der Waals surface area contributed by atoms with Crippen molar-refractivity contribution in [3.05, 3.63) is 16.7 Å². The Morgan fingerprint density at radius 2 is 2.35 bits per heavy atom. The zero-order valence-corrected chi connectivity index (χ0v) is 11.6. The molecule has 2 aromatic rings. The van der Waals surface area contributed by atoms with E-state index < -0.39 is 43.2 Å². The number of aliphatic hydroxyl groups excluding tert-OH is 2. The second kappa shape index (κ2) is 5.50. The Kier molecular flexibility index (Phi) is 3.77. The maximum atomic E-state index is 12.6. The highest BCUT2D eigenvalue weighted by Crippen LogP contribution is 2.40. The summed E-state index contributed by atoms with van der Waals surface area (Å²) in [6, 6.07) is 0. The maximum absolute atomic E-state index is 12.6. The van der Waals surface area contributed by atoms with Crippen LogP contribution in [0.25, 0.3) is 11.2 Å². The van der Waals surface area contributed by atoms with Crippen molar-refractivity contribution in [2.75, 3.05) is 19.2 Å². The van der Waals surface area contributed by atoms with Gasteiger partial charge in [-0.3, -0.25) is 14.3 Å². The Balaban J connectivity index is 2.14. The van der Waals surface area contributed by atoms with Gasteiger partial charge < -0.3 is 30.5 Å². The largest absolute Gasteiger partial charge is 0.394 e. The Bertz CT molecular complexity index is 780. The van der Waals surface area contributed by atoms with Crippen molar-refractivity contribution in [1.82, 2.24) is 19.5 Å². The summed E-state index contributed by atoms with van der Waals surface area (Å²) in [4.78, 5) is 21.7. The molecule has 0 bridgehead atoms. The molecule has 0 spiro atoms. The number of ether oxygens (including phenoxy) is 2. The standard InChI is InChI=1S/C11H14FN5O6/c12-2-22-11(21)6(19)4(1-18)23-9(11)17-3-14-5-7(17)15-10(13)16-8(5)20/h3-4,6,9,18-19,21H,1-2H2,(H3,13,15,16,20)/t4-,6-,9-,11+/m1/s1. The molecule has 12 heteroatoms. The third-order valence-electron chi connectivity index (χ3n) is 3.60. The quantitative estimate of drug-likeness (QED) is 0.383. The van der Waals surface area contributed by atoms with Crippen LogP contribution >= 0.6 is 0 Å². The number of hydrogen-bond acceptors (Lipinski definition) is 9. The average Bonchev–Trinajstić information content (AvgIpc) is 3.01. The number of nitrogen functional groups attached to an aromatic ring is 1. The molecule has 3 heterocycles. The van der Waals surface area contributed by atoms with Gasteiger partial charge >= 0.3 is 0 Å². The van der Waals surface area contributed by atoms with E-state index in [9.17, 15) is 24.5 Å². The van der Waals surface area contributed by atoms with Gasteiger partial charge in [-0.1, -0.05) is 0 Å². The van der Waals surface area contributed by atoms with Crippen LogP contribution in [0.1, 0.15) is 6.23 Å². The van der Waals surface area contributed by atoms with E-state index in [1.807, 2.05) is 0 Å². The van der Waals surface area contributed by atoms with Gasteiger partial charge in [0, 0.05) is 0 Å². The number of aliphatic hydroxyl groups is 3. The van der Waals surface area contributed by atoms with E-state index in [1.54, 1.807) is 0 Å². The summed E-state index contributed by atoms with van der Waals surface area (Å²) in [7, 11) is 0. The lowest BCUT2D eigenvalue weighted by atomic mass is 10.1. The Hall–Kier alpha value is -2.12. The first kappa shape index (κ1) is 15.8. The molecule has 0 amide bonds. The fourth-order valence-corrected chi connectivity index (χ4v) is 2.52. The zero-order valence-electron chi connectivity index (χ0n) is 11.6. The van der Waals surface area contributed by atoms with Crippen LogP contribution in [0, 0.1) is 0 Å². The SMILES string of the molecule is Nc1nc2c(ncn2[C@@H]2O[C@H](CO)[C@@H](O)[C@]2(O)OCF)c(=O)[nH]1. The predicted molar refractivity (Wildman–Crippen MR) is 71.6 cm³/mol. The first-order valence-corrected chi connectivity index (χ1v) is 6.51. The third kappa shape index (κ3) is 2.27. The molecule has 1 aliphatic heterocycles. The molecule has 2 aromatic heterocycles. The first-order chi connectivity index (χ1) is 10.9. The first-order valence-electron chi connectivity index (χ1n) is 6.51. The van der Waals surface area contributed by atoms with Gasteiger partial charge in [0.25, 0.3) is 5.56 Å². The molecule has 3 rings (SSSR count). The lowest BCUT2D eigenvalue weighted by molar-refractivity contribution is -0.290. The molecule has 11 nitrogen and oxygen atoms in total. The van der Waals surface area contributed by atoms with E-state index >= 15 is 0 Å². The molecule has 1 saturated heterocycles. The van der Waals surface area contributed by atoms with E-state index in [1.165, 1.54) is 0 Å². The summed E-state index contributed by atoms with van der Waals surface area (Å²) in [6.45, 7) is -2.08. The van der Waals surface area contributed by atoms with E-state index in [4.69, 9.17) is 10.5 Å². The van der Waals surface area contributed by atoms with Gasteiger partial charge in [-0.15, -0.1) is 0 Å². The molecule has 1 fully saturated rings. The van der Waals surface area contributed by atoms with Gasteiger partial charge in [0.2, 0.25) is 11.7 Å². The smallest absolute Gasteiger partial charge is 0.280 e. The number of imidazole rings is 1. The number of halogens is 1. The van der Waals surface area contributed by atoms with E-state index in [0.29, 0.717) is 0 Å². The lowest BCUT2D eigenvalue weighted by Crippen LogP contribution is -2.49. The number of fused-ring (bicyclic) bond motifs is 1. The molecule has 4 atom stereocenters. The van der Waals surface area contributed by atoms with Crippen LogP contribution in [0.4, 0.5) is 10.3 Å². The van der Waals surface area contributed by atoms with Crippen molar-refractivity contribution in [2.45, 2.75) is 24.2 Å². The number of alkyl halides is 1. The fourth-order valence-electron chi connectivity index (χ4n) is 2.52. The van der Waals surface area contributed by atoms with Crippen LogP contribution in [0.2, 0.25) is 0 Å². The van der Waals surface area contributed by atoms with Gasteiger partial charge in [0.1, 0.15) is 12.2 Å². The number of rotatable bonds is 4. The van der Waals surface area contributed by atoms with Crippen LogP contribution < -0.4 is 11.3 Å². The minimum Gasteiger partial charge on any atom is -0.394 e. The summed E-state index contributed by atoms with van der Waals surface area (Å²) in [5, 5.41) is 29.7. The Morgan fingerprint density at radius 3 is 3.00 bits per heavy atom. The number of aromatic amines is 1. The molecule has 0 aliphatic carbocycles. The third-order valence-corrected chi connectivity index (χ3v) is 3.60. The highest BCUT2D eigenvalue weighted by Gasteiger charge is 2.58. The van der Waals surface area contributed by atoms with E-state index in [-0.39, 0.29) is 17.1 Å². The molecule has 0 aromatic carbocycles. The molecule has 126 valence electrons. The fraction of sp³-hybridized carbons (Fsp3) is 0.545. The second-order valence-electron chi connectivity index (χ2n) is 4.93. The molecule has 0 radical (unpaired) electrons. The summed E-state index contributed by atoms with van der Waals surface area (Å²) in [5.41, 5.74) is 4.67. The van der Waals surface area contributed by atoms with Crippen LogP contribution in [-0.2, 0) is 9.47 Å². The summed E-state index contributed by atoms with van der Waals surface area (Å²) >= 11 is 0. The van der Waals surface area contributed by atoms with Gasteiger partial charge in [-0.25, -0.2) is 9.37 Å². The molecule has 0 unspecified atom stereocenters. The normalized spacial score (nSPS) is 31.0. The number of anilines is 1. The summed E-state index contributed by atoms with van der Waals surface area (Å²) in [5.74, 6) is -2.73. The van der Waals surface area contributed by atoms with E-state index in [2.05, 4.69) is 19.7 Å². The molecule has 1 aliphatic rings. The minimum absolute atomic E-state index is 0.0667. The predicted octanol–water partition coefficient (Wildman–Crippen LogP) is -2.42. The van der Waals surface area contributed by atoms with Crippen molar-refractivity contribution in [2.24, 2.45) is 0 Å². The van der Waals surface area contributed by atoms with Crippen molar-refractivity contribution >= 4 is 17.1 Å². The Morgan fingerprint density at radius 1 is 1.61 bits per heavy atom. The van der Waals surface area contributed by atoms with Crippen LogP contribution in [0.15, 0.2) is 11.1 Å². The molecule has 6 N–H and O–H groups in total. The van der Waals surface area contributed by atoms with Gasteiger partial charge in [0.05, 0.1) is 12.9 Å². The topological polar surface area (TPSA) is 169 Å². The molecular formula is C11H14FN5O6. The number of hydrogen-bond donors (Lipinski definition) is 5. The number of nitrogens with zero attached hydrogens (tertiary/aromatic N) is 3. The zero-order chi connectivity index (χ0) is 16.8. The molecule has 23 heavy (non-hydrogen) atoms. The minimum atomic E-state index is -2.52. The van der Waals surface area contributed by atoms with Crippen molar-refractivity contribution in [3.8, 4) is 0 Å². The monoisotopic (exact) mass is 331 g/mol. The maximum Gasteiger partial charge on any atom is 0.280 e. The average molecular weight is 331 g/mol. The van der Waals surface area contributed by atoms with Gasteiger partial charge in [-0.05, 0) is 0 Å². The summed E-state index contributed by atoms with van der Waals surface area (Å²) in [6.07, 6.45) is -3.40. The highest BCUT2D eigenvalue weighted by atomic mass is 19.1. The molecule has 0 saturated carbocycles. The van der Waals surface area contributed by atoms with Crippen molar-refractivity contribution in [3.63, 3.8) is 0 Å². The van der Waals surface area contributed by atoms with Gasteiger partial charge in [0.15, 0.2) is 24.3 Å². The van der Waals surface area contributed by atoms with Crippen molar-refractivity contribution < 1.29 is 29.2 Å². The van der Waals surface area contributed by atoms with Crippen molar-refractivity contribution in [1.29, 1.82) is 0 Å². The number of nitrogens with two attached hydrogens (primary N) is 1. The highest BCUT2D eigenvalue weighted by molar-refractivity contribution is 5.70. The number of nitrogens with one attached hydrogen (secondary N) is 1. The van der Waals surface area contributed by atoms with Gasteiger partial charge in [-0.2, -0.15) is 4.98 Å². The lowest BCUT2D eigenvalue weighted by Gasteiger charge is -2.30. The Labute approximate surface area is 127 Å².